The average Bonchev–Trinajstić information content (AvgIpc) is 3.01. The van der Waals surface area contributed by atoms with Crippen molar-refractivity contribution in [2.45, 2.75) is 12.3 Å². The van der Waals surface area contributed by atoms with Crippen LogP contribution in [0.1, 0.15) is 11.7 Å². The third kappa shape index (κ3) is 2.24. The Morgan fingerprint density at radius 2 is 2.15 bits per heavy atom. The van der Waals surface area contributed by atoms with Crippen molar-refractivity contribution in [1.82, 2.24) is 19.3 Å². The van der Waals surface area contributed by atoms with Gasteiger partial charge in [-0.25, -0.2) is 0 Å². The highest BCUT2D eigenvalue weighted by Crippen LogP contribution is 2.11. The minimum Gasteiger partial charge on any atom is -0.346 e. The lowest BCUT2D eigenvalue weighted by Gasteiger charge is -2.03. The zero-order valence-corrected chi connectivity index (χ0v) is 12.1. The predicted octanol–water partition coefficient (Wildman–Crippen LogP) is 1.63. The van der Waals surface area contributed by atoms with Gasteiger partial charge in [0.2, 0.25) is 5.89 Å². The van der Waals surface area contributed by atoms with Crippen LogP contribution in [-0.2, 0) is 19.3 Å². The van der Waals surface area contributed by atoms with Crippen LogP contribution in [0.15, 0.2) is 33.8 Å². The second-order valence-corrected chi connectivity index (χ2v) is 5.38. The Labute approximate surface area is 119 Å². The molecule has 0 spiro atoms. The van der Waals surface area contributed by atoms with Gasteiger partial charge >= 0.3 is 0 Å². The van der Waals surface area contributed by atoms with Gasteiger partial charge in [-0.3, -0.25) is 4.79 Å². The van der Waals surface area contributed by atoms with Crippen molar-refractivity contribution >= 4 is 22.7 Å². The van der Waals surface area contributed by atoms with Gasteiger partial charge in [-0.05, 0) is 18.4 Å². The van der Waals surface area contributed by atoms with Crippen molar-refractivity contribution in [2.24, 2.45) is 7.05 Å². The lowest BCUT2D eigenvalue weighted by molar-refractivity contribution is 0.366. The van der Waals surface area contributed by atoms with Crippen LogP contribution < -0.4 is 5.56 Å². The highest BCUT2D eigenvalue weighted by molar-refractivity contribution is 7.97. The molecule has 0 aliphatic heterocycles. The Morgan fingerprint density at radius 3 is 2.95 bits per heavy atom. The number of aromatic nitrogens is 4. The molecule has 0 aliphatic rings. The van der Waals surface area contributed by atoms with E-state index in [0.29, 0.717) is 29.5 Å². The SMILES string of the molecule is CSCc1noc(Cn2ccc3ccn(C)c3c2=O)n1. The molecule has 6 nitrogen and oxygen atoms in total. The molecule has 3 heterocycles. The third-order valence-electron chi connectivity index (χ3n) is 3.09. The summed E-state index contributed by atoms with van der Waals surface area (Å²) in [6.07, 6.45) is 5.60. The number of hydrogen-bond donors (Lipinski definition) is 0. The van der Waals surface area contributed by atoms with Gasteiger partial charge in [0.05, 0.1) is 5.75 Å². The molecule has 0 aromatic carbocycles. The summed E-state index contributed by atoms with van der Waals surface area (Å²) in [5, 5.41) is 4.81. The van der Waals surface area contributed by atoms with Gasteiger partial charge in [0.25, 0.3) is 5.56 Å². The van der Waals surface area contributed by atoms with E-state index in [9.17, 15) is 4.79 Å². The van der Waals surface area contributed by atoms with E-state index in [4.69, 9.17) is 4.52 Å². The Kier molecular flexibility index (Phi) is 3.35. The maximum absolute atomic E-state index is 12.4. The monoisotopic (exact) mass is 290 g/mol. The molecule has 0 aliphatic carbocycles. The largest absolute Gasteiger partial charge is 0.346 e. The summed E-state index contributed by atoms with van der Waals surface area (Å²) in [6, 6.07) is 3.83. The van der Waals surface area contributed by atoms with Gasteiger partial charge in [-0.2, -0.15) is 16.7 Å². The number of rotatable bonds is 4. The van der Waals surface area contributed by atoms with Crippen molar-refractivity contribution in [1.29, 1.82) is 0 Å². The molecule has 104 valence electrons. The second-order valence-electron chi connectivity index (χ2n) is 4.52. The molecule has 0 N–H and O–H groups in total. The molecule has 0 saturated carbocycles. The molecular formula is C13H14N4O2S. The highest BCUT2D eigenvalue weighted by atomic mass is 32.2. The molecule has 3 rings (SSSR count). The molecular weight excluding hydrogens is 276 g/mol. The summed E-state index contributed by atoms with van der Waals surface area (Å²) in [4.78, 5) is 16.7. The van der Waals surface area contributed by atoms with E-state index >= 15 is 0 Å². The van der Waals surface area contributed by atoms with Crippen LogP contribution in [0.5, 0.6) is 0 Å². The highest BCUT2D eigenvalue weighted by Gasteiger charge is 2.10. The van der Waals surface area contributed by atoms with Gasteiger partial charge < -0.3 is 13.7 Å². The van der Waals surface area contributed by atoms with E-state index in [1.54, 1.807) is 22.5 Å². The molecule has 3 aromatic heterocycles. The molecule has 0 unspecified atom stereocenters. The first-order valence-electron chi connectivity index (χ1n) is 6.14. The van der Waals surface area contributed by atoms with E-state index in [1.165, 1.54) is 0 Å². The third-order valence-corrected chi connectivity index (χ3v) is 3.64. The van der Waals surface area contributed by atoms with Crippen molar-refractivity contribution in [3.05, 3.63) is 46.6 Å². The number of nitrogens with zero attached hydrogens (tertiary/aromatic N) is 4. The van der Waals surface area contributed by atoms with Crippen LogP contribution in [-0.4, -0.2) is 25.5 Å². The van der Waals surface area contributed by atoms with E-state index in [2.05, 4.69) is 10.1 Å². The van der Waals surface area contributed by atoms with Gasteiger partial charge in [-0.1, -0.05) is 5.16 Å². The van der Waals surface area contributed by atoms with Gasteiger partial charge in [-0.15, -0.1) is 0 Å². The quantitative estimate of drug-likeness (QED) is 0.730. The molecule has 0 amide bonds. The van der Waals surface area contributed by atoms with Crippen LogP contribution >= 0.6 is 11.8 Å². The fourth-order valence-corrected chi connectivity index (χ4v) is 2.52. The van der Waals surface area contributed by atoms with Crippen LogP contribution in [0.4, 0.5) is 0 Å². The second kappa shape index (κ2) is 5.16. The Bertz CT molecular complexity index is 802. The molecule has 0 atom stereocenters. The lowest BCUT2D eigenvalue weighted by atomic mass is 10.3. The summed E-state index contributed by atoms with van der Waals surface area (Å²) < 4.78 is 8.56. The maximum atomic E-state index is 12.4. The van der Waals surface area contributed by atoms with Crippen molar-refractivity contribution in [3.8, 4) is 0 Å². The lowest BCUT2D eigenvalue weighted by Crippen LogP contribution is -2.21. The number of pyridine rings is 1. The molecule has 0 bridgehead atoms. The molecule has 7 heteroatoms. The van der Waals surface area contributed by atoms with Crippen LogP contribution in [0.3, 0.4) is 0 Å². The summed E-state index contributed by atoms with van der Waals surface area (Å²) in [5.74, 6) is 1.81. The zero-order valence-electron chi connectivity index (χ0n) is 11.2. The van der Waals surface area contributed by atoms with Crippen molar-refractivity contribution in [2.75, 3.05) is 6.26 Å². The van der Waals surface area contributed by atoms with Gasteiger partial charge in [0, 0.05) is 24.8 Å². The molecule has 0 radical (unpaired) electrons. The smallest absolute Gasteiger partial charge is 0.275 e. The fraction of sp³-hybridized carbons (Fsp3) is 0.308. The zero-order chi connectivity index (χ0) is 14.1. The fourth-order valence-electron chi connectivity index (χ4n) is 2.14. The average molecular weight is 290 g/mol. The minimum absolute atomic E-state index is 0.0559. The maximum Gasteiger partial charge on any atom is 0.275 e. The molecule has 0 saturated heterocycles. The summed E-state index contributed by atoms with van der Waals surface area (Å²) >= 11 is 1.63. The first-order valence-corrected chi connectivity index (χ1v) is 7.53. The van der Waals surface area contributed by atoms with Crippen molar-refractivity contribution < 1.29 is 4.52 Å². The Morgan fingerprint density at radius 1 is 1.35 bits per heavy atom. The number of fused-ring (bicyclic) bond motifs is 1. The Balaban J connectivity index is 1.95. The minimum atomic E-state index is -0.0559. The van der Waals surface area contributed by atoms with Crippen molar-refractivity contribution in [3.63, 3.8) is 0 Å². The normalized spacial score (nSPS) is 11.3. The summed E-state index contributed by atoms with van der Waals surface area (Å²) in [7, 11) is 1.86. The van der Waals surface area contributed by atoms with E-state index < -0.39 is 0 Å². The van der Waals surface area contributed by atoms with E-state index in [1.807, 2.05) is 36.2 Å². The summed E-state index contributed by atoms with van der Waals surface area (Å²) in [6.45, 7) is 0.293. The van der Waals surface area contributed by atoms with E-state index in [0.717, 1.165) is 5.39 Å². The topological polar surface area (TPSA) is 65.8 Å². The molecule has 3 aromatic rings. The predicted molar refractivity (Wildman–Crippen MR) is 77.8 cm³/mol. The molecule has 20 heavy (non-hydrogen) atoms. The van der Waals surface area contributed by atoms with Crippen LogP contribution in [0.25, 0.3) is 10.9 Å². The van der Waals surface area contributed by atoms with Crippen LogP contribution in [0.2, 0.25) is 0 Å². The van der Waals surface area contributed by atoms with E-state index in [-0.39, 0.29) is 5.56 Å². The first kappa shape index (κ1) is 13.0. The number of thioether (sulfide) groups is 1. The number of hydrogen-bond acceptors (Lipinski definition) is 5. The molecule has 0 fully saturated rings. The standard InChI is InChI=1S/C13H14N4O2S/c1-16-5-3-9-4-6-17(13(18)12(9)16)7-11-14-10(8-20-2)15-19-11/h3-6H,7-8H2,1-2H3. The van der Waals surface area contributed by atoms with Crippen LogP contribution in [0, 0.1) is 0 Å². The number of aryl methyl sites for hydroxylation is 1. The van der Waals surface area contributed by atoms with Gasteiger partial charge in [0.1, 0.15) is 12.1 Å². The van der Waals surface area contributed by atoms with Gasteiger partial charge in [0.15, 0.2) is 5.82 Å². The first-order chi connectivity index (χ1) is 9.69. The summed E-state index contributed by atoms with van der Waals surface area (Å²) in [5.41, 5.74) is 0.621. The Hall–Kier alpha value is -2.02.